The van der Waals surface area contributed by atoms with E-state index in [1.54, 1.807) is 0 Å². The summed E-state index contributed by atoms with van der Waals surface area (Å²) in [5, 5.41) is 16.5. The summed E-state index contributed by atoms with van der Waals surface area (Å²) in [7, 11) is 1.50. The number of hydrogen-bond acceptors (Lipinski definition) is 2. The van der Waals surface area contributed by atoms with Crippen LogP contribution in [0.3, 0.4) is 0 Å². The second-order valence-corrected chi connectivity index (χ2v) is 3.99. The molecule has 0 fully saturated rings. The zero-order valence-corrected chi connectivity index (χ0v) is 15.3. The standard InChI is InChI=1S/2C7H9.2CH3O.Zr/c2*1-6-3-4-7(2)5-6;2*1-2;/h2*3H,4H2,1-2H3;2*1H3;/q4*-1;+4. The first-order valence-electron chi connectivity index (χ1n) is 5.92. The molecule has 0 saturated carbocycles. The van der Waals surface area contributed by atoms with Crippen molar-refractivity contribution in [2.45, 2.75) is 40.5 Å². The molecule has 0 N–H and O–H groups in total. The Labute approximate surface area is 137 Å². The van der Waals surface area contributed by atoms with Crippen LogP contribution in [-0.4, -0.2) is 14.2 Å². The average molecular weight is 340 g/mol. The van der Waals surface area contributed by atoms with Crippen LogP contribution in [0.15, 0.2) is 34.4 Å². The predicted molar refractivity (Wildman–Crippen MR) is 73.5 cm³/mol. The third-order valence-electron chi connectivity index (χ3n) is 2.25. The van der Waals surface area contributed by atoms with Gasteiger partial charge in [-0.15, -0.1) is 0 Å². The molecular formula is C16H24O2Zr. The Morgan fingerprint density at radius 3 is 1.05 bits per heavy atom. The van der Waals surface area contributed by atoms with Gasteiger partial charge >= 0.3 is 26.2 Å². The quantitative estimate of drug-likeness (QED) is 0.635. The van der Waals surface area contributed by atoms with Crippen LogP contribution in [0.2, 0.25) is 0 Å². The third-order valence-corrected chi connectivity index (χ3v) is 2.25. The fourth-order valence-corrected chi connectivity index (χ4v) is 1.49. The molecule has 2 nitrogen and oxygen atoms in total. The molecular weight excluding hydrogens is 315 g/mol. The Kier molecular flexibility index (Phi) is 19.8. The summed E-state index contributed by atoms with van der Waals surface area (Å²) in [4.78, 5) is 0. The van der Waals surface area contributed by atoms with Crippen molar-refractivity contribution in [2.24, 2.45) is 0 Å². The summed E-state index contributed by atoms with van der Waals surface area (Å²) in [5.74, 6) is 0. The first-order chi connectivity index (χ1) is 8.58. The molecule has 2 aliphatic rings. The fraction of sp³-hybridized carbons (Fsp3) is 0.500. The Morgan fingerprint density at radius 2 is 1.00 bits per heavy atom. The zero-order valence-electron chi connectivity index (χ0n) is 12.9. The Balaban J connectivity index is -0.000000205. The maximum atomic E-state index is 8.25. The van der Waals surface area contributed by atoms with Gasteiger partial charge in [-0.3, -0.25) is 12.2 Å². The summed E-state index contributed by atoms with van der Waals surface area (Å²) in [6, 6.07) is 0. The van der Waals surface area contributed by atoms with Crippen molar-refractivity contribution < 1.29 is 36.4 Å². The van der Waals surface area contributed by atoms with Crippen LogP contribution in [0.4, 0.5) is 0 Å². The van der Waals surface area contributed by atoms with Crippen molar-refractivity contribution in [3.05, 3.63) is 46.6 Å². The van der Waals surface area contributed by atoms with Gasteiger partial charge < -0.3 is 10.2 Å². The van der Waals surface area contributed by atoms with E-state index in [-0.39, 0.29) is 26.2 Å². The van der Waals surface area contributed by atoms with Crippen LogP contribution in [0.1, 0.15) is 40.5 Å². The van der Waals surface area contributed by atoms with Gasteiger partial charge in [-0.25, -0.2) is 23.3 Å². The third kappa shape index (κ3) is 14.0. The molecule has 0 atom stereocenters. The number of allylic oxidation sites excluding steroid dienone is 8. The number of hydrogen-bond donors (Lipinski definition) is 0. The maximum absolute atomic E-state index is 8.25. The summed E-state index contributed by atoms with van der Waals surface area (Å²) in [5.41, 5.74) is 5.30. The largest absolute Gasteiger partial charge is 4.00 e. The average Bonchev–Trinajstić information content (AvgIpc) is 2.93. The van der Waals surface area contributed by atoms with Crippen molar-refractivity contribution in [2.75, 3.05) is 14.2 Å². The molecule has 19 heavy (non-hydrogen) atoms. The van der Waals surface area contributed by atoms with Crippen LogP contribution in [-0.2, 0) is 26.2 Å². The molecule has 2 aliphatic carbocycles. The van der Waals surface area contributed by atoms with Gasteiger partial charge in [0.15, 0.2) is 0 Å². The van der Waals surface area contributed by atoms with Gasteiger partial charge in [0.1, 0.15) is 0 Å². The SMILES string of the molecule is CC1=[C-]C(C)=CC1.CC1=[C-]C(C)=CC1.C[O-].C[O-].[Zr+4]. The van der Waals surface area contributed by atoms with Gasteiger partial charge in [0, 0.05) is 0 Å². The van der Waals surface area contributed by atoms with Crippen LogP contribution in [0.5, 0.6) is 0 Å². The van der Waals surface area contributed by atoms with E-state index in [0.29, 0.717) is 0 Å². The molecule has 0 heterocycles. The van der Waals surface area contributed by atoms with Gasteiger partial charge in [-0.05, 0) is 0 Å². The topological polar surface area (TPSA) is 46.1 Å². The second kappa shape index (κ2) is 15.8. The summed E-state index contributed by atoms with van der Waals surface area (Å²) in [6.07, 6.45) is 13.0. The normalized spacial score (nSPS) is 14.7. The molecule has 3 heteroatoms. The molecule has 0 radical (unpaired) electrons. The molecule has 2 rings (SSSR count). The second-order valence-electron chi connectivity index (χ2n) is 3.99. The van der Waals surface area contributed by atoms with E-state index in [1.807, 2.05) is 0 Å². The molecule has 0 aliphatic heterocycles. The molecule has 104 valence electrons. The molecule has 0 amide bonds. The molecule has 0 bridgehead atoms. The number of rotatable bonds is 0. The van der Waals surface area contributed by atoms with E-state index in [2.05, 4.69) is 52.0 Å². The van der Waals surface area contributed by atoms with E-state index < -0.39 is 0 Å². The smallest absolute Gasteiger partial charge is 0.857 e. The van der Waals surface area contributed by atoms with Crippen LogP contribution in [0, 0.1) is 12.2 Å². The van der Waals surface area contributed by atoms with E-state index in [0.717, 1.165) is 27.1 Å². The monoisotopic (exact) mass is 338 g/mol. The fourth-order valence-electron chi connectivity index (χ4n) is 1.49. The first-order valence-corrected chi connectivity index (χ1v) is 5.92. The molecule has 0 spiro atoms. The molecule has 0 aromatic heterocycles. The van der Waals surface area contributed by atoms with Gasteiger partial charge in [0.2, 0.25) is 0 Å². The minimum atomic E-state index is 0. The zero-order chi connectivity index (χ0) is 14.6. The van der Waals surface area contributed by atoms with Gasteiger partial charge in [-0.2, -0.15) is 25.4 Å². The van der Waals surface area contributed by atoms with E-state index in [4.69, 9.17) is 10.2 Å². The van der Waals surface area contributed by atoms with Crippen LogP contribution in [0.25, 0.3) is 0 Å². The molecule has 0 aromatic rings. The van der Waals surface area contributed by atoms with Crippen LogP contribution >= 0.6 is 0 Å². The van der Waals surface area contributed by atoms with Gasteiger partial charge in [-0.1, -0.05) is 40.5 Å². The van der Waals surface area contributed by atoms with Crippen molar-refractivity contribution in [3.63, 3.8) is 0 Å². The maximum Gasteiger partial charge on any atom is 4.00 e. The van der Waals surface area contributed by atoms with Crippen LogP contribution < -0.4 is 10.2 Å². The van der Waals surface area contributed by atoms with Crippen molar-refractivity contribution in [1.29, 1.82) is 0 Å². The van der Waals surface area contributed by atoms with Crippen molar-refractivity contribution in [3.8, 4) is 0 Å². The Hall–Kier alpha value is -0.237. The summed E-state index contributed by atoms with van der Waals surface area (Å²) >= 11 is 0. The van der Waals surface area contributed by atoms with Crippen molar-refractivity contribution in [1.82, 2.24) is 0 Å². The molecule has 0 saturated heterocycles. The minimum Gasteiger partial charge on any atom is -0.857 e. The summed E-state index contributed by atoms with van der Waals surface area (Å²) < 4.78 is 0. The Bertz CT molecular complexity index is 303. The molecule has 0 unspecified atom stereocenters. The molecule has 0 aromatic carbocycles. The predicted octanol–water partition coefficient (Wildman–Crippen LogP) is 2.12. The summed E-state index contributed by atoms with van der Waals surface area (Å²) in [6.45, 7) is 8.37. The van der Waals surface area contributed by atoms with Crippen molar-refractivity contribution >= 4 is 0 Å². The Morgan fingerprint density at radius 1 is 0.737 bits per heavy atom. The van der Waals surface area contributed by atoms with E-state index in [9.17, 15) is 0 Å². The van der Waals surface area contributed by atoms with E-state index in [1.165, 1.54) is 22.3 Å². The van der Waals surface area contributed by atoms with Gasteiger partial charge in [0.05, 0.1) is 0 Å². The van der Waals surface area contributed by atoms with Gasteiger partial charge in [0.25, 0.3) is 0 Å². The first kappa shape index (κ1) is 23.8. The minimum absolute atomic E-state index is 0. The van der Waals surface area contributed by atoms with E-state index >= 15 is 0 Å².